The molecule has 3 aromatic rings. The first-order valence-corrected chi connectivity index (χ1v) is 7.49. The first-order valence-electron chi connectivity index (χ1n) is 6.23. The molecular formula is C15H11ClN2O2S. The normalized spacial score (nSPS) is 10.6. The van der Waals surface area contributed by atoms with Gasteiger partial charge in [-0.05, 0) is 30.5 Å². The molecule has 1 amide bonds. The van der Waals surface area contributed by atoms with Crippen molar-refractivity contribution in [3.05, 3.63) is 63.4 Å². The number of benzene rings is 1. The van der Waals surface area contributed by atoms with Gasteiger partial charge in [0.15, 0.2) is 0 Å². The molecule has 1 aromatic carbocycles. The van der Waals surface area contributed by atoms with Gasteiger partial charge < -0.3 is 4.52 Å². The van der Waals surface area contributed by atoms with Gasteiger partial charge in [-0.25, -0.2) is 4.90 Å². The molecule has 3 rings (SSSR count). The van der Waals surface area contributed by atoms with Gasteiger partial charge in [0.05, 0.1) is 10.6 Å². The van der Waals surface area contributed by atoms with E-state index in [0.29, 0.717) is 21.3 Å². The van der Waals surface area contributed by atoms with E-state index in [4.69, 9.17) is 16.1 Å². The summed E-state index contributed by atoms with van der Waals surface area (Å²) in [4.78, 5) is 14.8. The molecule has 0 fully saturated rings. The summed E-state index contributed by atoms with van der Waals surface area (Å²) in [6.07, 6.45) is 0. The number of anilines is 2. The molecule has 0 radical (unpaired) electrons. The molecule has 0 aliphatic rings. The summed E-state index contributed by atoms with van der Waals surface area (Å²) in [6, 6.07) is 12.8. The number of thiophene rings is 1. The van der Waals surface area contributed by atoms with Gasteiger partial charge in [-0.2, -0.15) is 0 Å². The zero-order valence-electron chi connectivity index (χ0n) is 11.1. The Morgan fingerprint density at radius 2 is 2.00 bits per heavy atom. The Labute approximate surface area is 130 Å². The fraction of sp³-hybridized carbons (Fsp3) is 0.0667. The van der Waals surface area contributed by atoms with Crippen molar-refractivity contribution in [1.29, 1.82) is 0 Å². The number of hydrogen-bond donors (Lipinski definition) is 0. The molecule has 0 saturated carbocycles. The fourth-order valence-corrected chi connectivity index (χ4v) is 2.71. The highest BCUT2D eigenvalue weighted by Crippen LogP contribution is 2.35. The minimum Gasteiger partial charge on any atom is -0.336 e. The first-order chi connectivity index (χ1) is 10.2. The summed E-state index contributed by atoms with van der Waals surface area (Å²) in [5.74, 6) is 0.0352. The Morgan fingerprint density at radius 3 is 2.57 bits per heavy atom. The van der Waals surface area contributed by atoms with Gasteiger partial charge in [0.2, 0.25) is 0 Å². The summed E-state index contributed by atoms with van der Waals surface area (Å²) in [5, 5.41) is 6.02. The van der Waals surface area contributed by atoms with Crippen molar-refractivity contribution in [3.8, 4) is 0 Å². The minimum absolute atomic E-state index is 0.200. The van der Waals surface area contributed by atoms with Crippen molar-refractivity contribution in [2.75, 3.05) is 4.90 Å². The molecule has 4 nitrogen and oxygen atoms in total. The molecule has 21 heavy (non-hydrogen) atoms. The van der Waals surface area contributed by atoms with Crippen LogP contribution in [-0.4, -0.2) is 11.1 Å². The monoisotopic (exact) mass is 318 g/mol. The Bertz CT molecular complexity index is 753. The van der Waals surface area contributed by atoms with E-state index >= 15 is 0 Å². The van der Waals surface area contributed by atoms with E-state index in [1.807, 2.05) is 41.8 Å². The maximum absolute atomic E-state index is 12.8. The Kier molecular flexibility index (Phi) is 3.77. The van der Waals surface area contributed by atoms with Gasteiger partial charge in [0, 0.05) is 0 Å². The van der Waals surface area contributed by atoms with Crippen LogP contribution in [0.1, 0.15) is 15.4 Å². The standard InChI is InChI=1S/C15H11ClN2O2S/c1-10-13(16)15(20-17-10)18(11-6-3-2-4-7-11)14(19)12-8-5-9-21-12/h2-9H,1H3. The van der Waals surface area contributed by atoms with Gasteiger partial charge in [-0.3, -0.25) is 4.79 Å². The maximum Gasteiger partial charge on any atom is 0.275 e. The van der Waals surface area contributed by atoms with Crippen LogP contribution in [0.5, 0.6) is 0 Å². The first kappa shape index (κ1) is 13.9. The lowest BCUT2D eigenvalue weighted by atomic mass is 10.2. The molecule has 0 unspecified atom stereocenters. The molecule has 0 aliphatic heterocycles. The van der Waals surface area contributed by atoms with Crippen molar-refractivity contribution in [2.45, 2.75) is 6.92 Å². The number of aromatic nitrogens is 1. The minimum atomic E-state index is -0.200. The van der Waals surface area contributed by atoms with E-state index in [1.165, 1.54) is 16.2 Å². The summed E-state index contributed by atoms with van der Waals surface area (Å²) >= 11 is 7.58. The SMILES string of the molecule is Cc1noc(N(C(=O)c2cccs2)c2ccccc2)c1Cl. The lowest BCUT2D eigenvalue weighted by Crippen LogP contribution is -2.25. The van der Waals surface area contributed by atoms with Crippen molar-refractivity contribution in [2.24, 2.45) is 0 Å². The second-order valence-corrected chi connectivity index (χ2v) is 5.67. The summed E-state index contributed by atoms with van der Waals surface area (Å²) in [7, 11) is 0. The van der Waals surface area contributed by atoms with Gasteiger partial charge in [0.25, 0.3) is 11.8 Å². The van der Waals surface area contributed by atoms with Crippen LogP contribution >= 0.6 is 22.9 Å². The highest BCUT2D eigenvalue weighted by molar-refractivity contribution is 7.12. The topological polar surface area (TPSA) is 46.3 Å². The number of amides is 1. The molecular weight excluding hydrogens is 308 g/mol. The highest BCUT2D eigenvalue weighted by Gasteiger charge is 2.27. The van der Waals surface area contributed by atoms with Crippen molar-refractivity contribution >= 4 is 40.4 Å². The number of carbonyl (C=O) groups excluding carboxylic acids is 1. The zero-order chi connectivity index (χ0) is 14.8. The molecule has 106 valence electrons. The van der Waals surface area contributed by atoms with Crippen LogP contribution in [0.2, 0.25) is 5.02 Å². The van der Waals surface area contributed by atoms with Crippen molar-refractivity contribution in [3.63, 3.8) is 0 Å². The van der Waals surface area contributed by atoms with Gasteiger partial charge >= 0.3 is 0 Å². The second kappa shape index (κ2) is 5.71. The van der Waals surface area contributed by atoms with Crippen LogP contribution in [-0.2, 0) is 0 Å². The number of aryl methyl sites for hydroxylation is 1. The summed E-state index contributed by atoms with van der Waals surface area (Å²) in [5.41, 5.74) is 1.22. The van der Waals surface area contributed by atoms with E-state index in [2.05, 4.69) is 5.16 Å². The molecule has 0 aliphatic carbocycles. The Morgan fingerprint density at radius 1 is 1.24 bits per heavy atom. The molecule has 0 bridgehead atoms. The number of para-hydroxylation sites is 1. The molecule has 6 heteroatoms. The average molecular weight is 319 g/mol. The second-order valence-electron chi connectivity index (χ2n) is 4.34. The predicted molar refractivity (Wildman–Crippen MR) is 83.5 cm³/mol. The number of halogens is 1. The lowest BCUT2D eigenvalue weighted by Gasteiger charge is -2.19. The molecule has 2 aromatic heterocycles. The smallest absolute Gasteiger partial charge is 0.275 e. The van der Waals surface area contributed by atoms with Gasteiger partial charge in [0.1, 0.15) is 10.7 Å². The molecule has 0 saturated heterocycles. The maximum atomic E-state index is 12.8. The van der Waals surface area contributed by atoms with E-state index in [0.717, 1.165) is 0 Å². The molecule has 0 N–H and O–H groups in total. The van der Waals surface area contributed by atoms with E-state index in [-0.39, 0.29) is 11.8 Å². The van der Waals surface area contributed by atoms with E-state index < -0.39 is 0 Å². The number of rotatable bonds is 3. The predicted octanol–water partition coefficient (Wildman–Crippen LogP) is 4.68. The third kappa shape index (κ3) is 2.57. The van der Waals surface area contributed by atoms with Crippen LogP contribution in [0.25, 0.3) is 0 Å². The van der Waals surface area contributed by atoms with Crippen LogP contribution in [0.4, 0.5) is 11.6 Å². The largest absolute Gasteiger partial charge is 0.336 e. The number of hydrogen-bond acceptors (Lipinski definition) is 4. The Balaban J connectivity index is 2.12. The van der Waals surface area contributed by atoms with E-state index in [1.54, 1.807) is 13.0 Å². The molecule has 2 heterocycles. The van der Waals surface area contributed by atoms with Crippen LogP contribution in [0.15, 0.2) is 52.4 Å². The van der Waals surface area contributed by atoms with Crippen LogP contribution < -0.4 is 4.90 Å². The number of nitrogens with zero attached hydrogens (tertiary/aromatic N) is 2. The van der Waals surface area contributed by atoms with Crippen molar-refractivity contribution in [1.82, 2.24) is 5.16 Å². The summed E-state index contributed by atoms with van der Waals surface area (Å²) < 4.78 is 5.26. The number of carbonyl (C=O) groups is 1. The Hall–Kier alpha value is -2.11. The fourth-order valence-electron chi connectivity index (χ4n) is 1.90. The zero-order valence-corrected chi connectivity index (χ0v) is 12.7. The highest BCUT2D eigenvalue weighted by atomic mass is 35.5. The molecule has 0 atom stereocenters. The lowest BCUT2D eigenvalue weighted by molar-refractivity contribution is 0.0998. The van der Waals surface area contributed by atoms with Crippen molar-refractivity contribution < 1.29 is 9.32 Å². The summed E-state index contributed by atoms with van der Waals surface area (Å²) in [6.45, 7) is 1.73. The third-order valence-corrected chi connectivity index (χ3v) is 4.22. The third-order valence-electron chi connectivity index (χ3n) is 2.93. The van der Waals surface area contributed by atoms with Crippen LogP contribution in [0.3, 0.4) is 0 Å². The van der Waals surface area contributed by atoms with Crippen LogP contribution in [0, 0.1) is 6.92 Å². The van der Waals surface area contributed by atoms with Gasteiger partial charge in [-0.1, -0.05) is 41.0 Å². The van der Waals surface area contributed by atoms with E-state index in [9.17, 15) is 4.79 Å². The average Bonchev–Trinajstić information content (AvgIpc) is 3.14. The van der Waals surface area contributed by atoms with Gasteiger partial charge in [-0.15, -0.1) is 11.3 Å². The molecule has 0 spiro atoms. The quantitative estimate of drug-likeness (QED) is 0.704.